The number of halogens is 1. The normalized spacial score (nSPS) is 33.8. The van der Waals surface area contributed by atoms with Crippen molar-refractivity contribution in [2.24, 2.45) is 23.6 Å². The van der Waals surface area contributed by atoms with Gasteiger partial charge in [0.05, 0.1) is 0 Å². The first-order valence-corrected chi connectivity index (χ1v) is 7.63. The topological polar surface area (TPSA) is 38.0 Å². The van der Waals surface area contributed by atoms with E-state index in [1.807, 2.05) is 11.3 Å². The second-order valence-electron chi connectivity index (χ2n) is 5.16. The molecule has 4 heteroatoms. The van der Waals surface area contributed by atoms with Gasteiger partial charge >= 0.3 is 0 Å². The summed E-state index contributed by atoms with van der Waals surface area (Å²) in [6.45, 7) is 0. The van der Waals surface area contributed by atoms with E-state index in [9.17, 15) is 0 Å². The Kier molecular flexibility index (Phi) is 3.09. The molecule has 0 saturated heterocycles. The van der Waals surface area contributed by atoms with Gasteiger partial charge in [0.2, 0.25) is 0 Å². The Hall–Kier alpha value is 0.100. The summed E-state index contributed by atoms with van der Waals surface area (Å²) in [4.78, 5) is 1.42. The summed E-state index contributed by atoms with van der Waals surface area (Å²) in [6, 6.07) is 2.59. The van der Waals surface area contributed by atoms with Gasteiger partial charge in [-0.1, -0.05) is 0 Å². The molecule has 1 aromatic rings. The maximum atomic E-state index is 5.72. The van der Waals surface area contributed by atoms with Crippen molar-refractivity contribution >= 4 is 27.3 Å². The van der Waals surface area contributed by atoms with Crippen molar-refractivity contribution < 1.29 is 0 Å². The number of nitrogens with one attached hydrogen (secondary N) is 1. The van der Waals surface area contributed by atoms with E-state index in [1.165, 1.54) is 28.6 Å². The number of hydrazine groups is 1. The van der Waals surface area contributed by atoms with Crippen LogP contribution in [-0.2, 0) is 6.42 Å². The first kappa shape index (κ1) is 11.2. The Labute approximate surface area is 109 Å². The van der Waals surface area contributed by atoms with E-state index >= 15 is 0 Å². The zero-order chi connectivity index (χ0) is 11.1. The van der Waals surface area contributed by atoms with Crippen molar-refractivity contribution in [2.45, 2.75) is 31.7 Å². The Bertz CT molecular complexity index is 369. The molecule has 1 heterocycles. The molecule has 0 bridgehead atoms. The molecule has 2 saturated carbocycles. The number of hydrogen-bond acceptors (Lipinski definition) is 3. The highest BCUT2D eigenvalue weighted by molar-refractivity contribution is 9.10. The van der Waals surface area contributed by atoms with Crippen LogP contribution in [0.25, 0.3) is 0 Å². The second-order valence-corrected chi connectivity index (χ2v) is 7.01. The number of nitrogens with two attached hydrogens (primary N) is 1. The van der Waals surface area contributed by atoms with Gasteiger partial charge in [-0.25, -0.2) is 0 Å². The van der Waals surface area contributed by atoms with Crippen LogP contribution >= 0.6 is 27.3 Å². The summed E-state index contributed by atoms with van der Waals surface area (Å²) in [7, 11) is 0. The minimum absolute atomic E-state index is 0.461. The van der Waals surface area contributed by atoms with Gasteiger partial charge in [-0.15, -0.1) is 11.3 Å². The van der Waals surface area contributed by atoms with E-state index in [-0.39, 0.29) is 0 Å². The Balaban J connectivity index is 1.65. The Morgan fingerprint density at radius 3 is 2.75 bits per heavy atom. The van der Waals surface area contributed by atoms with Crippen molar-refractivity contribution in [1.82, 2.24) is 5.43 Å². The largest absolute Gasteiger partial charge is 0.271 e. The molecule has 2 nitrogen and oxygen atoms in total. The van der Waals surface area contributed by atoms with Crippen LogP contribution in [0, 0.1) is 17.8 Å². The Morgan fingerprint density at radius 2 is 2.19 bits per heavy atom. The maximum absolute atomic E-state index is 5.72. The van der Waals surface area contributed by atoms with Gasteiger partial charge in [0.1, 0.15) is 0 Å². The third-order valence-corrected chi connectivity index (χ3v) is 6.11. The Morgan fingerprint density at radius 1 is 1.44 bits per heavy atom. The monoisotopic (exact) mass is 300 g/mol. The van der Waals surface area contributed by atoms with E-state index in [1.54, 1.807) is 0 Å². The van der Waals surface area contributed by atoms with Gasteiger partial charge in [0.25, 0.3) is 0 Å². The zero-order valence-corrected chi connectivity index (χ0v) is 11.6. The molecule has 3 unspecified atom stereocenters. The summed E-state index contributed by atoms with van der Waals surface area (Å²) in [6.07, 6.45) is 5.33. The molecule has 2 fully saturated rings. The van der Waals surface area contributed by atoms with Crippen LogP contribution in [0.15, 0.2) is 15.9 Å². The van der Waals surface area contributed by atoms with Crippen LogP contribution in [0.2, 0.25) is 0 Å². The lowest BCUT2D eigenvalue weighted by Crippen LogP contribution is -2.42. The third-order valence-electron chi connectivity index (χ3n) is 4.16. The van der Waals surface area contributed by atoms with Crippen molar-refractivity contribution in [2.75, 3.05) is 0 Å². The standard InChI is InChI=1S/C12H17BrN2S/c13-10-1-2-16-12(10)6-11(15-14)9-4-7-3-8(7)5-9/h1-2,7-9,11,15H,3-6,14H2. The lowest BCUT2D eigenvalue weighted by atomic mass is 9.92. The average molecular weight is 301 g/mol. The molecule has 0 aromatic carbocycles. The predicted octanol–water partition coefficient (Wildman–Crippen LogP) is 2.93. The highest BCUT2D eigenvalue weighted by Crippen LogP contribution is 2.55. The molecule has 3 N–H and O–H groups in total. The van der Waals surface area contributed by atoms with Crippen molar-refractivity contribution in [3.05, 3.63) is 20.8 Å². The zero-order valence-electron chi connectivity index (χ0n) is 9.16. The SMILES string of the molecule is NNC(Cc1sccc1Br)C1CC2CC2C1. The van der Waals surface area contributed by atoms with Crippen molar-refractivity contribution in [3.8, 4) is 0 Å². The average Bonchev–Trinajstić information content (AvgIpc) is 2.71. The summed E-state index contributed by atoms with van der Waals surface area (Å²) < 4.78 is 1.24. The molecule has 2 aliphatic rings. The molecule has 1 aromatic heterocycles. The van der Waals surface area contributed by atoms with Gasteiger partial charge in [0.15, 0.2) is 0 Å². The molecular weight excluding hydrogens is 284 g/mol. The van der Waals surface area contributed by atoms with Crippen LogP contribution in [0.5, 0.6) is 0 Å². The molecule has 0 spiro atoms. The molecule has 0 amide bonds. The molecule has 16 heavy (non-hydrogen) atoms. The van der Waals surface area contributed by atoms with E-state index < -0.39 is 0 Å². The van der Waals surface area contributed by atoms with Crippen LogP contribution in [0.4, 0.5) is 0 Å². The van der Waals surface area contributed by atoms with Crippen molar-refractivity contribution in [3.63, 3.8) is 0 Å². The molecule has 0 aliphatic heterocycles. The smallest absolute Gasteiger partial charge is 0.0314 e. The number of thiophene rings is 1. The van der Waals surface area contributed by atoms with Crippen molar-refractivity contribution in [1.29, 1.82) is 0 Å². The summed E-state index contributed by atoms with van der Waals surface area (Å²) in [5.74, 6) is 8.58. The van der Waals surface area contributed by atoms with Gasteiger partial charge in [0, 0.05) is 15.4 Å². The molecule has 0 radical (unpaired) electrons. The lowest BCUT2D eigenvalue weighted by molar-refractivity contribution is 0.337. The first-order valence-electron chi connectivity index (χ1n) is 5.96. The van der Waals surface area contributed by atoms with Gasteiger partial charge in [-0.2, -0.15) is 0 Å². The molecular formula is C12H17BrN2S. The predicted molar refractivity (Wildman–Crippen MR) is 71.2 cm³/mol. The highest BCUT2D eigenvalue weighted by atomic mass is 79.9. The third kappa shape index (κ3) is 2.08. The minimum atomic E-state index is 0.461. The lowest BCUT2D eigenvalue weighted by Gasteiger charge is -2.23. The van der Waals surface area contributed by atoms with Crippen LogP contribution in [-0.4, -0.2) is 6.04 Å². The van der Waals surface area contributed by atoms with Crippen LogP contribution in [0.1, 0.15) is 24.1 Å². The van der Waals surface area contributed by atoms with E-state index in [0.717, 1.165) is 24.2 Å². The fraction of sp³-hybridized carbons (Fsp3) is 0.667. The molecule has 88 valence electrons. The first-order chi connectivity index (χ1) is 7.78. The second kappa shape index (κ2) is 4.41. The number of rotatable bonds is 4. The fourth-order valence-corrected chi connectivity index (χ4v) is 4.70. The number of hydrogen-bond donors (Lipinski definition) is 2. The molecule has 2 aliphatic carbocycles. The van der Waals surface area contributed by atoms with Crippen LogP contribution < -0.4 is 11.3 Å². The highest BCUT2D eigenvalue weighted by Gasteiger charge is 2.47. The summed E-state index contributed by atoms with van der Waals surface area (Å²) in [5, 5.41) is 2.14. The van der Waals surface area contributed by atoms with Gasteiger partial charge < -0.3 is 0 Å². The van der Waals surface area contributed by atoms with Gasteiger partial charge in [-0.05, 0) is 70.8 Å². The maximum Gasteiger partial charge on any atom is 0.0314 e. The van der Waals surface area contributed by atoms with E-state index in [4.69, 9.17) is 5.84 Å². The summed E-state index contributed by atoms with van der Waals surface area (Å²) >= 11 is 5.42. The fourth-order valence-electron chi connectivity index (χ4n) is 3.12. The van der Waals surface area contributed by atoms with Crippen LogP contribution in [0.3, 0.4) is 0 Å². The molecule has 3 rings (SSSR count). The van der Waals surface area contributed by atoms with E-state index in [0.29, 0.717) is 6.04 Å². The van der Waals surface area contributed by atoms with Gasteiger partial charge in [-0.3, -0.25) is 11.3 Å². The molecule has 3 atom stereocenters. The quantitative estimate of drug-likeness (QED) is 0.663. The summed E-state index contributed by atoms with van der Waals surface area (Å²) in [5.41, 5.74) is 3.04. The number of fused-ring (bicyclic) bond motifs is 1. The van der Waals surface area contributed by atoms with E-state index in [2.05, 4.69) is 32.8 Å². The minimum Gasteiger partial charge on any atom is -0.271 e.